The van der Waals surface area contributed by atoms with Gasteiger partial charge in [0.2, 0.25) is 0 Å². The second-order valence-electron chi connectivity index (χ2n) is 0. The molecule has 4 heteroatoms. The molecule has 0 aliphatic rings. The first-order chi connectivity index (χ1) is 1.00. The maximum Gasteiger partial charge on any atom is 0 e. The molecule has 0 spiro atoms. The van der Waals surface area contributed by atoms with Gasteiger partial charge in [0.05, 0.1) is 0 Å². The van der Waals surface area contributed by atoms with Gasteiger partial charge in [0.25, 0.3) is 0 Å². The van der Waals surface area contributed by atoms with Crippen LogP contribution in [0, 0.1) is 0 Å². The quantitative estimate of drug-likeness (QED) is 0.482. The summed E-state index contributed by atoms with van der Waals surface area (Å²) in [5.41, 5.74) is 0. The molecule has 0 unspecified atom stereocenters. The summed E-state index contributed by atoms with van der Waals surface area (Å²) < 4.78 is 0. The van der Waals surface area contributed by atoms with Crippen molar-refractivity contribution in [3.05, 3.63) is 0 Å². The van der Waals surface area contributed by atoms with Crippen LogP contribution in [0.4, 0.5) is 0 Å². The van der Waals surface area contributed by atoms with Crippen molar-refractivity contribution in [3.8, 4) is 0 Å². The van der Waals surface area contributed by atoms with Crippen molar-refractivity contribution in [1.82, 2.24) is 0 Å². The molecule has 0 aliphatic carbocycles. The molecule has 0 N–H and O–H groups in total. The first-order valence-electron chi connectivity index (χ1n) is 0.167. The van der Waals surface area contributed by atoms with Crippen molar-refractivity contribution in [2.75, 3.05) is 0 Å². The number of hydrogen-bond acceptors (Lipinski definition) is 0. The van der Waals surface area contributed by atoms with Crippen LogP contribution >= 0.6 is 0 Å². The van der Waals surface area contributed by atoms with E-state index in [1.807, 2.05) is 19.5 Å². The van der Waals surface area contributed by atoms with Crippen LogP contribution < -0.4 is 0 Å². The fraction of sp³-hybridized carbons (Fsp3) is 0. The predicted molar refractivity (Wildman–Crippen MR) is 11.5 cm³/mol. The molecule has 0 aliphatic heterocycles. The second-order valence-corrected chi connectivity index (χ2v) is 0. The molecule has 0 saturated heterocycles. The van der Waals surface area contributed by atoms with Gasteiger partial charge in [-0.25, -0.2) is 0 Å². The molecule has 0 saturated carbocycles. The van der Waals surface area contributed by atoms with E-state index in [0.29, 0.717) is 0 Å². The summed E-state index contributed by atoms with van der Waals surface area (Å²) in [5, 5.41) is 0. The Morgan fingerprint density at radius 1 is 1.25 bits per heavy atom. The van der Waals surface area contributed by atoms with Gasteiger partial charge in [-0.2, -0.15) is 0 Å². The monoisotopic (exact) mass is 388 g/mol. The molecule has 0 aromatic rings. The van der Waals surface area contributed by atoms with Gasteiger partial charge in [-0.05, 0) is 0 Å². The van der Waals surface area contributed by atoms with Gasteiger partial charge in [0.1, 0.15) is 0 Å². The van der Waals surface area contributed by atoms with E-state index in [9.17, 15) is 0 Å². The molecule has 4 heavy (non-hydrogen) atoms. The largest absolute Gasteiger partial charge is 0 e. The Morgan fingerprint density at radius 3 is 1.25 bits per heavy atom. The Morgan fingerprint density at radius 2 is 1.25 bits per heavy atom. The standard InChI is InChI=1S/Cd.SeTe.Zn/c;1-2;. The summed E-state index contributed by atoms with van der Waals surface area (Å²) in [6.45, 7) is 0. The maximum absolute atomic E-state index is 2.64. The molecule has 0 heterocycles. The van der Waals surface area contributed by atoms with Gasteiger partial charge in [-0.1, -0.05) is 0 Å². The number of hydrogen-bond donors (Lipinski definition) is 0. The van der Waals surface area contributed by atoms with Crippen molar-refractivity contribution in [2.24, 2.45) is 0 Å². The topological polar surface area (TPSA) is 0 Å². The third-order valence-electron chi connectivity index (χ3n) is 0. The summed E-state index contributed by atoms with van der Waals surface area (Å²) in [6, 6.07) is 0. The van der Waals surface area contributed by atoms with Crippen molar-refractivity contribution < 1.29 is 46.8 Å². The Balaban J connectivity index is -0.00000000500. The maximum atomic E-state index is 2.64. The molecule has 16 valence electrons. The van der Waals surface area contributed by atoms with E-state index >= 15 is 0 Å². The van der Waals surface area contributed by atoms with Crippen molar-refractivity contribution in [2.45, 2.75) is 0 Å². The molecule has 0 bridgehead atoms. The fourth-order valence-corrected chi connectivity index (χ4v) is 0. The number of rotatable bonds is 0. The summed E-state index contributed by atoms with van der Waals surface area (Å²) in [4.78, 5) is 0. The molecular weight excluding hydrogens is 384 g/mol. The van der Waals surface area contributed by atoms with E-state index in [2.05, 4.69) is 12.3 Å². The minimum absolute atomic E-state index is 0. The van der Waals surface area contributed by atoms with Gasteiger partial charge in [0, 0.05) is 46.8 Å². The molecule has 0 fully saturated rings. The van der Waals surface area contributed by atoms with Gasteiger partial charge < -0.3 is 0 Å². The van der Waals surface area contributed by atoms with Gasteiger partial charge >= 0.3 is 31.7 Å². The molecule has 0 atom stereocenters. The average molecular weight is 384 g/mol. The van der Waals surface area contributed by atoms with E-state index in [0.717, 1.165) is 0 Å². The normalized spacial score (nSPS) is 1.00. The first kappa shape index (κ1) is 15.8. The van der Waals surface area contributed by atoms with Crippen molar-refractivity contribution in [3.63, 3.8) is 0 Å². The van der Waals surface area contributed by atoms with E-state index in [-0.39, 0.29) is 46.8 Å². The predicted octanol–water partition coefficient (Wildman–Crippen LogP) is -0.767. The summed E-state index contributed by atoms with van der Waals surface area (Å²) in [7, 11) is 0. The molecule has 0 rings (SSSR count). The van der Waals surface area contributed by atoms with Crippen LogP contribution in [0.3, 0.4) is 0 Å². The summed E-state index contributed by atoms with van der Waals surface area (Å²) in [5.74, 6) is 0. The van der Waals surface area contributed by atoms with Crippen LogP contribution in [-0.2, 0) is 46.8 Å². The molecule has 0 aromatic heterocycles. The summed E-state index contributed by atoms with van der Waals surface area (Å²) in [6.07, 6.45) is 0. The minimum atomic E-state index is 0. The smallest absolute Gasteiger partial charge is 0 e. The van der Waals surface area contributed by atoms with Crippen LogP contribution in [0.5, 0.6) is 0 Å². The minimum Gasteiger partial charge on any atom is 0 e. The molecule has 0 nitrogen and oxygen atoms in total. The second kappa shape index (κ2) is 16.9. The van der Waals surface area contributed by atoms with E-state index in [1.165, 1.54) is 0 Å². The zero-order valence-corrected chi connectivity index (χ0v) is 13.3. The molecule has 0 aromatic carbocycles. The molecule has 0 radical (unpaired) electrons. The zero-order valence-electron chi connectivity index (χ0n) is 2.23. The average Bonchev–Trinajstić information content (AvgIpc) is 1.00. The van der Waals surface area contributed by atoms with Crippen LogP contribution in [0.1, 0.15) is 0 Å². The third-order valence-corrected chi connectivity index (χ3v) is 0. The van der Waals surface area contributed by atoms with Gasteiger partial charge in [-0.3, -0.25) is 0 Å². The SMILES string of the molecule is [Cd].[Se]=[Te].[Zn]. The fourth-order valence-electron chi connectivity index (χ4n) is 0. The van der Waals surface area contributed by atoms with Gasteiger partial charge in [0.15, 0.2) is 0 Å². The Hall–Kier alpha value is 2.85. The Kier molecular flexibility index (Phi) is 66.9. The Bertz CT molecular complexity index is 8.00. The van der Waals surface area contributed by atoms with Crippen molar-refractivity contribution in [1.29, 1.82) is 0 Å². The van der Waals surface area contributed by atoms with E-state index in [1.54, 1.807) is 0 Å². The molecule has 0 amide bonds. The van der Waals surface area contributed by atoms with E-state index < -0.39 is 0 Å². The molecular formula is CdSeTeZn. The van der Waals surface area contributed by atoms with Crippen LogP contribution in [0.25, 0.3) is 0 Å². The first-order valence-corrected chi connectivity index (χ1v) is 5.81. The van der Waals surface area contributed by atoms with Crippen molar-refractivity contribution >= 4 is 31.7 Å². The van der Waals surface area contributed by atoms with E-state index in [4.69, 9.17) is 0 Å². The summed E-state index contributed by atoms with van der Waals surface area (Å²) >= 11 is 4.46. The van der Waals surface area contributed by atoms with Crippen LogP contribution in [0.2, 0.25) is 0 Å². The Labute approximate surface area is 77.0 Å². The van der Waals surface area contributed by atoms with Crippen LogP contribution in [0.15, 0.2) is 0 Å². The van der Waals surface area contributed by atoms with Gasteiger partial charge in [-0.15, -0.1) is 0 Å². The third kappa shape index (κ3) is 8.85. The van der Waals surface area contributed by atoms with Crippen LogP contribution in [-0.4, -0.2) is 31.7 Å². The zero-order chi connectivity index (χ0) is 2.00.